The van der Waals surface area contributed by atoms with E-state index in [1.165, 1.54) is 0 Å². The lowest BCUT2D eigenvalue weighted by molar-refractivity contribution is -0.127. The molecule has 124 valence electrons. The molecule has 1 aromatic heterocycles. The maximum atomic E-state index is 12.1. The Hall–Kier alpha value is -3.09. The summed E-state index contributed by atoms with van der Waals surface area (Å²) in [5.41, 5.74) is 7.80. The molecule has 0 bridgehead atoms. The van der Waals surface area contributed by atoms with E-state index >= 15 is 0 Å². The highest BCUT2D eigenvalue weighted by Crippen LogP contribution is 2.25. The summed E-state index contributed by atoms with van der Waals surface area (Å²) >= 11 is 0. The van der Waals surface area contributed by atoms with Gasteiger partial charge in [-0.25, -0.2) is 0 Å². The summed E-state index contributed by atoms with van der Waals surface area (Å²) in [4.78, 5) is 24.1. The molecule has 0 spiro atoms. The minimum absolute atomic E-state index is 0.0400. The van der Waals surface area contributed by atoms with Crippen molar-refractivity contribution in [1.82, 2.24) is 20.6 Å². The highest BCUT2D eigenvalue weighted by Gasteiger charge is 2.17. The Labute approximate surface area is 139 Å². The summed E-state index contributed by atoms with van der Waals surface area (Å²) in [6.45, 7) is 3.93. The van der Waals surface area contributed by atoms with Crippen molar-refractivity contribution in [3.63, 3.8) is 0 Å². The predicted octanol–water partition coefficient (Wildman–Crippen LogP) is 1.12. The number of para-hydroxylation sites is 1. The van der Waals surface area contributed by atoms with Gasteiger partial charge in [0, 0.05) is 11.3 Å². The minimum atomic E-state index is -0.397. The summed E-state index contributed by atoms with van der Waals surface area (Å²) < 4.78 is 7.10. The van der Waals surface area contributed by atoms with E-state index in [9.17, 15) is 9.59 Å². The molecule has 1 aliphatic rings. The van der Waals surface area contributed by atoms with Gasteiger partial charge in [0.15, 0.2) is 0 Å². The summed E-state index contributed by atoms with van der Waals surface area (Å²) in [6.07, 6.45) is 1.75. The monoisotopic (exact) mass is 326 g/mol. The van der Waals surface area contributed by atoms with Crippen LogP contribution in [0.5, 0.6) is 5.75 Å². The molecular formula is C17H18N4O3. The van der Waals surface area contributed by atoms with Crippen LogP contribution in [0, 0.1) is 13.8 Å². The molecule has 1 aromatic carbocycles. The minimum Gasteiger partial charge on any atom is -0.488 e. The first kappa shape index (κ1) is 15.8. The first-order valence-corrected chi connectivity index (χ1v) is 7.55. The molecule has 2 aromatic rings. The van der Waals surface area contributed by atoms with Crippen LogP contribution in [0.2, 0.25) is 0 Å². The second-order valence-corrected chi connectivity index (χ2v) is 5.58. The van der Waals surface area contributed by atoms with Gasteiger partial charge in [-0.05, 0) is 32.1 Å². The Morgan fingerprint density at radius 3 is 2.79 bits per heavy atom. The van der Waals surface area contributed by atoms with Crippen LogP contribution < -0.4 is 15.6 Å². The zero-order chi connectivity index (χ0) is 17.1. The summed E-state index contributed by atoms with van der Waals surface area (Å²) in [5.74, 6) is -0.0129. The SMILES string of the molecule is Cc1cc(C)n(CC(=O)NNC(=O)C2=Cc3ccccc3OC2)n1. The highest BCUT2D eigenvalue weighted by atomic mass is 16.5. The van der Waals surface area contributed by atoms with Crippen molar-refractivity contribution in [3.05, 3.63) is 52.9 Å². The smallest absolute Gasteiger partial charge is 0.269 e. The first-order valence-electron chi connectivity index (χ1n) is 7.55. The van der Waals surface area contributed by atoms with Crippen molar-refractivity contribution >= 4 is 17.9 Å². The Kier molecular flexibility index (Phi) is 4.33. The number of aromatic nitrogens is 2. The lowest BCUT2D eigenvalue weighted by Crippen LogP contribution is -2.44. The predicted molar refractivity (Wildman–Crippen MR) is 87.9 cm³/mol. The van der Waals surface area contributed by atoms with E-state index in [4.69, 9.17) is 4.74 Å². The number of carbonyl (C=O) groups excluding carboxylic acids is 2. The lowest BCUT2D eigenvalue weighted by atomic mass is 10.1. The van der Waals surface area contributed by atoms with Gasteiger partial charge >= 0.3 is 0 Å². The van der Waals surface area contributed by atoms with Gasteiger partial charge in [-0.1, -0.05) is 18.2 Å². The van der Waals surface area contributed by atoms with Crippen molar-refractivity contribution in [2.24, 2.45) is 0 Å². The van der Waals surface area contributed by atoms with Crippen LogP contribution in [0.25, 0.3) is 6.08 Å². The van der Waals surface area contributed by atoms with Crippen molar-refractivity contribution in [2.75, 3.05) is 6.61 Å². The molecule has 2 amide bonds. The van der Waals surface area contributed by atoms with Gasteiger partial charge in [-0.2, -0.15) is 5.10 Å². The molecule has 7 heteroatoms. The van der Waals surface area contributed by atoms with Crippen LogP contribution >= 0.6 is 0 Å². The number of hydrogen-bond donors (Lipinski definition) is 2. The normalized spacial score (nSPS) is 12.7. The number of nitrogens with one attached hydrogen (secondary N) is 2. The molecule has 24 heavy (non-hydrogen) atoms. The van der Waals surface area contributed by atoms with Gasteiger partial charge in [-0.15, -0.1) is 0 Å². The van der Waals surface area contributed by atoms with Crippen LogP contribution in [-0.4, -0.2) is 28.2 Å². The van der Waals surface area contributed by atoms with Crippen molar-refractivity contribution in [3.8, 4) is 5.75 Å². The topological polar surface area (TPSA) is 85.2 Å². The Bertz CT molecular complexity index is 823. The summed E-state index contributed by atoms with van der Waals surface area (Å²) in [5, 5.41) is 4.20. The molecule has 2 N–H and O–H groups in total. The third kappa shape index (κ3) is 3.45. The Morgan fingerprint density at radius 1 is 1.25 bits per heavy atom. The van der Waals surface area contributed by atoms with Crippen LogP contribution in [-0.2, 0) is 16.1 Å². The van der Waals surface area contributed by atoms with Gasteiger partial charge in [0.05, 0.1) is 11.3 Å². The van der Waals surface area contributed by atoms with E-state index in [0.29, 0.717) is 5.57 Å². The number of aryl methyl sites for hydroxylation is 2. The van der Waals surface area contributed by atoms with Crippen LogP contribution in [0.4, 0.5) is 0 Å². The molecule has 1 aliphatic heterocycles. The van der Waals surface area contributed by atoms with Gasteiger partial charge in [0.1, 0.15) is 18.9 Å². The van der Waals surface area contributed by atoms with Crippen LogP contribution in [0.1, 0.15) is 17.0 Å². The molecule has 0 unspecified atom stereocenters. The summed E-state index contributed by atoms with van der Waals surface area (Å²) in [6, 6.07) is 9.33. The van der Waals surface area contributed by atoms with Gasteiger partial charge in [0.25, 0.3) is 11.8 Å². The maximum Gasteiger partial charge on any atom is 0.269 e. The van der Waals surface area contributed by atoms with E-state index in [2.05, 4.69) is 16.0 Å². The zero-order valence-corrected chi connectivity index (χ0v) is 13.5. The quantitative estimate of drug-likeness (QED) is 0.828. The van der Waals surface area contributed by atoms with E-state index in [-0.39, 0.29) is 19.1 Å². The Balaban J connectivity index is 1.57. The molecule has 0 saturated carbocycles. The van der Waals surface area contributed by atoms with Gasteiger partial charge in [-0.3, -0.25) is 25.1 Å². The maximum absolute atomic E-state index is 12.1. The number of nitrogens with zero attached hydrogens (tertiary/aromatic N) is 2. The van der Waals surface area contributed by atoms with Gasteiger partial charge < -0.3 is 4.74 Å². The largest absolute Gasteiger partial charge is 0.488 e. The number of fused-ring (bicyclic) bond motifs is 1. The number of ether oxygens (including phenoxy) is 1. The number of amides is 2. The molecule has 0 aliphatic carbocycles. The zero-order valence-electron chi connectivity index (χ0n) is 13.5. The first-order chi connectivity index (χ1) is 11.5. The average molecular weight is 326 g/mol. The van der Waals surface area contributed by atoms with Crippen molar-refractivity contribution in [1.29, 1.82) is 0 Å². The third-order valence-electron chi connectivity index (χ3n) is 3.64. The van der Waals surface area contributed by atoms with Crippen molar-refractivity contribution in [2.45, 2.75) is 20.4 Å². The molecule has 0 atom stereocenters. The van der Waals surface area contributed by atoms with Gasteiger partial charge in [0.2, 0.25) is 0 Å². The molecule has 2 heterocycles. The molecule has 7 nitrogen and oxygen atoms in total. The van der Waals surface area contributed by atoms with Crippen LogP contribution in [0.15, 0.2) is 35.9 Å². The molecular weight excluding hydrogens is 308 g/mol. The molecule has 0 radical (unpaired) electrons. The van der Waals surface area contributed by atoms with Crippen molar-refractivity contribution < 1.29 is 14.3 Å². The van der Waals surface area contributed by atoms with E-state index in [0.717, 1.165) is 22.7 Å². The molecule has 0 fully saturated rings. The number of rotatable bonds is 3. The highest BCUT2D eigenvalue weighted by molar-refractivity contribution is 5.99. The summed E-state index contributed by atoms with van der Waals surface area (Å²) in [7, 11) is 0. The second-order valence-electron chi connectivity index (χ2n) is 5.58. The molecule has 3 rings (SSSR count). The number of hydrazine groups is 1. The van der Waals surface area contributed by atoms with E-state index < -0.39 is 5.91 Å². The fourth-order valence-electron chi connectivity index (χ4n) is 2.46. The Morgan fingerprint density at radius 2 is 2.04 bits per heavy atom. The average Bonchev–Trinajstić information content (AvgIpc) is 2.89. The lowest BCUT2D eigenvalue weighted by Gasteiger charge is -2.17. The van der Waals surface area contributed by atoms with E-state index in [1.54, 1.807) is 10.8 Å². The fraction of sp³-hybridized carbons (Fsp3) is 0.235. The number of carbonyl (C=O) groups is 2. The third-order valence-corrected chi connectivity index (χ3v) is 3.64. The molecule has 0 saturated heterocycles. The standard InChI is InChI=1S/C17H18N4O3/c1-11-7-12(2)21(20-11)9-16(22)18-19-17(23)14-8-13-5-3-4-6-15(13)24-10-14/h3-8H,9-10H2,1-2H3,(H,18,22)(H,19,23). The second kappa shape index (κ2) is 6.57. The fourth-order valence-corrected chi connectivity index (χ4v) is 2.46. The van der Waals surface area contributed by atoms with E-state index in [1.807, 2.05) is 44.2 Å². The number of hydrogen-bond acceptors (Lipinski definition) is 4. The van der Waals surface area contributed by atoms with Crippen LogP contribution in [0.3, 0.4) is 0 Å². The number of benzene rings is 1.